The summed E-state index contributed by atoms with van der Waals surface area (Å²) in [7, 11) is 1.79. The Balaban J connectivity index is 1.49. The highest BCUT2D eigenvalue weighted by Gasteiger charge is 2.37. The second kappa shape index (κ2) is 10.00. The summed E-state index contributed by atoms with van der Waals surface area (Å²) in [5.41, 5.74) is 2.91. The van der Waals surface area contributed by atoms with Gasteiger partial charge in [-0.1, -0.05) is 34.5 Å². The summed E-state index contributed by atoms with van der Waals surface area (Å²) in [5.74, 6) is 0.570. The first-order valence-electron chi connectivity index (χ1n) is 11.9. The molecule has 186 valence electrons. The average Bonchev–Trinajstić information content (AvgIpc) is 3.29. The summed E-state index contributed by atoms with van der Waals surface area (Å²) in [6, 6.07) is 13.0. The fraction of sp³-hybridized carbons (Fsp3) is 0.296. The fourth-order valence-electron chi connectivity index (χ4n) is 4.77. The lowest BCUT2D eigenvalue weighted by Gasteiger charge is -2.30. The minimum atomic E-state index is -0.209. The predicted molar refractivity (Wildman–Crippen MR) is 152 cm³/mol. The molecule has 3 aromatic rings. The van der Waals surface area contributed by atoms with Crippen LogP contribution in [-0.2, 0) is 16.1 Å². The topological polar surface area (TPSA) is 48.8 Å². The van der Waals surface area contributed by atoms with Crippen molar-refractivity contribution in [1.82, 2.24) is 14.4 Å². The number of likely N-dealkylation sites (tertiary alicyclic amines) is 1. The van der Waals surface area contributed by atoms with Crippen LogP contribution in [0.2, 0.25) is 5.02 Å². The zero-order valence-electron chi connectivity index (χ0n) is 20.1. The fourth-order valence-corrected chi connectivity index (χ4v) is 5.54. The molecule has 2 amide bonds. The number of benzene rings is 2. The highest BCUT2D eigenvalue weighted by atomic mass is 79.9. The highest BCUT2D eigenvalue weighted by Crippen LogP contribution is 2.32. The van der Waals surface area contributed by atoms with Crippen LogP contribution in [0.3, 0.4) is 0 Å². The predicted octanol–water partition coefficient (Wildman–Crippen LogP) is 5.92. The molecule has 0 aliphatic carbocycles. The number of hydrogen-bond donors (Lipinski definition) is 0. The molecule has 36 heavy (non-hydrogen) atoms. The van der Waals surface area contributed by atoms with Crippen LogP contribution < -0.4 is 4.90 Å². The summed E-state index contributed by atoms with van der Waals surface area (Å²) in [5, 5.41) is 1.94. The van der Waals surface area contributed by atoms with E-state index in [1.54, 1.807) is 36.2 Å². The first-order chi connectivity index (χ1) is 17.2. The van der Waals surface area contributed by atoms with Crippen LogP contribution in [0, 0.1) is 5.92 Å². The standard InChI is InChI=1S/C27H26BrClN4O2S/c1-17-9-11-31(12-10-17)25(34)16-32-15-18(22-14-19(28)3-8-23(22)32)13-24-26(35)33(27(36)30(24)2)21-6-4-20(29)5-7-21/h3-8,13-15,17H,9-12,16H2,1-2H3/b24-13-. The summed E-state index contributed by atoms with van der Waals surface area (Å²) >= 11 is 15.2. The van der Waals surface area contributed by atoms with Gasteiger partial charge in [-0.15, -0.1) is 0 Å². The lowest BCUT2D eigenvalue weighted by atomic mass is 9.99. The summed E-state index contributed by atoms with van der Waals surface area (Å²) < 4.78 is 2.90. The van der Waals surface area contributed by atoms with Crippen molar-refractivity contribution < 1.29 is 9.59 Å². The van der Waals surface area contributed by atoms with Gasteiger partial charge in [0.25, 0.3) is 5.91 Å². The third kappa shape index (κ3) is 4.69. The SMILES string of the molecule is CC1CCN(C(=O)Cn2cc(/C=C3/C(=O)N(c4ccc(Cl)cc4)C(=S)N3C)c3cc(Br)ccc32)CC1. The van der Waals surface area contributed by atoms with Crippen molar-refractivity contribution in [3.63, 3.8) is 0 Å². The molecule has 2 fully saturated rings. The molecule has 0 N–H and O–H groups in total. The zero-order chi connectivity index (χ0) is 25.6. The van der Waals surface area contributed by atoms with Crippen LogP contribution in [0.1, 0.15) is 25.3 Å². The van der Waals surface area contributed by atoms with Gasteiger partial charge in [0.1, 0.15) is 12.2 Å². The van der Waals surface area contributed by atoms with Gasteiger partial charge in [-0.2, -0.15) is 0 Å². The van der Waals surface area contributed by atoms with E-state index in [1.165, 1.54) is 4.90 Å². The quantitative estimate of drug-likeness (QED) is 0.282. The van der Waals surface area contributed by atoms with Crippen LogP contribution >= 0.6 is 39.7 Å². The molecule has 6 nitrogen and oxygen atoms in total. The molecule has 2 saturated heterocycles. The second-order valence-corrected chi connectivity index (χ2v) is 11.1. The summed E-state index contributed by atoms with van der Waals surface area (Å²) in [6.07, 6.45) is 5.88. The number of hydrogen-bond acceptors (Lipinski definition) is 3. The van der Waals surface area contributed by atoms with Crippen molar-refractivity contribution in [2.75, 3.05) is 25.0 Å². The molecule has 0 bridgehead atoms. The van der Waals surface area contributed by atoms with Crippen molar-refractivity contribution >= 4 is 79.3 Å². The Bertz CT molecular complexity index is 1390. The van der Waals surface area contributed by atoms with Gasteiger partial charge in [0, 0.05) is 52.3 Å². The highest BCUT2D eigenvalue weighted by molar-refractivity contribution is 9.10. The third-order valence-electron chi connectivity index (χ3n) is 6.95. The Hall–Kier alpha value is -2.68. The minimum Gasteiger partial charge on any atom is -0.341 e. The Morgan fingerprint density at radius 1 is 1.17 bits per heavy atom. The van der Waals surface area contributed by atoms with Gasteiger partial charge in [0.05, 0.1) is 5.69 Å². The normalized spacial score (nSPS) is 18.2. The number of fused-ring (bicyclic) bond motifs is 1. The van der Waals surface area contributed by atoms with Crippen molar-refractivity contribution in [3.05, 3.63) is 69.4 Å². The number of piperidine rings is 1. The molecule has 0 atom stereocenters. The number of thiocarbonyl (C=S) groups is 1. The van der Waals surface area contributed by atoms with Crippen molar-refractivity contribution in [2.45, 2.75) is 26.3 Å². The van der Waals surface area contributed by atoms with E-state index < -0.39 is 0 Å². The third-order valence-corrected chi connectivity index (χ3v) is 8.16. The van der Waals surface area contributed by atoms with Gasteiger partial charge in [-0.05, 0) is 79.5 Å². The second-order valence-electron chi connectivity index (χ2n) is 9.43. The lowest BCUT2D eigenvalue weighted by Crippen LogP contribution is -2.39. The van der Waals surface area contributed by atoms with E-state index in [9.17, 15) is 9.59 Å². The number of rotatable bonds is 4. The molecule has 2 aliphatic heterocycles. The van der Waals surface area contributed by atoms with Gasteiger partial charge >= 0.3 is 0 Å². The van der Waals surface area contributed by atoms with Gasteiger partial charge in [-0.25, -0.2) is 0 Å². The maximum atomic E-state index is 13.5. The van der Waals surface area contributed by atoms with E-state index in [4.69, 9.17) is 23.8 Å². The number of anilines is 1. The van der Waals surface area contributed by atoms with Crippen molar-refractivity contribution in [1.29, 1.82) is 0 Å². The Morgan fingerprint density at radius 3 is 2.56 bits per heavy atom. The molecule has 2 aliphatic rings. The molecule has 0 spiro atoms. The molecule has 0 unspecified atom stereocenters. The summed E-state index contributed by atoms with van der Waals surface area (Å²) in [4.78, 5) is 31.7. The number of aromatic nitrogens is 1. The van der Waals surface area contributed by atoms with E-state index in [2.05, 4.69) is 22.9 Å². The van der Waals surface area contributed by atoms with Crippen LogP contribution in [0.5, 0.6) is 0 Å². The van der Waals surface area contributed by atoms with Crippen molar-refractivity contribution in [2.24, 2.45) is 5.92 Å². The molecule has 3 heterocycles. The molecule has 0 radical (unpaired) electrons. The number of likely N-dealkylation sites (N-methyl/N-ethyl adjacent to an activating group) is 1. The van der Waals surface area contributed by atoms with Gasteiger partial charge < -0.3 is 14.4 Å². The first kappa shape index (κ1) is 25.0. The number of amides is 2. The maximum absolute atomic E-state index is 13.5. The molecular formula is C27H26BrClN4O2S. The van der Waals surface area contributed by atoms with Crippen LogP contribution in [0.15, 0.2) is 58.8 Å². The van der Waals surface area contributed by atoms with Gasteiger partial charge in [-0.3, -0.25) is 14.5 Å². The van der Waals surface area contributed by atoms with Crippen molar-refractivity contribution in [3.8, 4) is 0 Å². The molecule has 2 aromatic carbocycles. The molecule has 5 rings (SSSR count). The number of carbonyl (C=O) groups excluding carboxylic acids is 2. The smallest absolute Gasteiger partial charge is 0.281 e. The van der Waals surface area contributed by atoms with Gasteiger partial charge in [0.15, 0.2) is 5.11 Å². The van der Waals surface area contributed by atoms with Crippen LogP contribution in [0.25, 0.3) is 17.0 Å². The van der Waals surface area contributed by atoms with Crippen LogP contribution in [-0.4, -0.2) is 51.4 Å². The van der Waals surface area contributed by atoms with E-state index >= 15 is 0 Å². The van der Waals surface area contributed by atoms with Gasteiger partial charge in [0.2, 0.25) is 5.91 Å². The van der Waals surface area contributed by atoms with E-state index in [-0.39, 0.29) is 18.4 Å². The molecule has 9 heteroatoms. The molecule has 1 aromatic heterocycles. The Morgan fingerprint density at radius 2 is 1.86 bits per heavy atom. The number of halogens is 2. The van der Waals surface area contributed by atoms with E-state index in [0.29, 0.717) is 27.4 Å². The van der Waals surface area contributed by atoms with Crippen LogP contribution in [0.4, 0.5) is 5.69 Å². The Kier molecular flexibility index (Phi) is 6.94. The summed E-state index contributed by atoms with van der Waals surface area (Å²) in [6.45, 7) is 4.10. The minimum absolute atomic E-state index is 0.116. The molecular weight excluding hydrogens is 560 g/mol. The molecule has 0 saturated carbocycles. The zero-order valence-corrected chi connectivity index (χ0v) is 23.2. The van der Waals surface area contributed by atoms with E-state index in [0.717, 1.165) is 46.9 Å². The maximum Gasteiger partial charge on any atom is 0.281 e. The largest absolute Gasteiger partial charge is 0.341 e. The Labute approximate surface area is 229 Å². The number of carbonyl (C=O) groups is 2. The first-order valence-corrected chi connectivity index (χ1v) is 13.5. The number of nitrogens with zero attached hydrogens (tertiary/aromatic N) is 4. The van der Waals surface area contributed by atoms with E-state index in [1.807, 2.05) is 39.9 Å². The average molecular weight is 586 g/mol. The monoisotopic (exact) mass is 584 g/mol. The lowest BCUT2D eigenvalue weighted by molar-refractivity contribution is -0.133.